The molecule has 2 fully saturated rings. The highest BCUT2D eigenvalue weighted by atomic mass is 16.5. The Kier molecular flexibility index (Phi) is 3.94. The van der Waals surface area contributed by atoms with Gasteiger partial charge >= 0.3 is 0 Å². The first kappa shape index (κ1) is 10.9. The van der Waals surface area contributed by atoms with E-state index in [4.69, 9.17) is 4.74 Å². The molecule has 15 heavy (non-hydrogen) atoms. The second-order valence-electron chi connectivity index (χ2n) is 4.07. The Hall–Kier alpha value is -0.650. The van der Waals surface area contributed by atoms with Crippen LogP contribution in [-0.2, 0) is 9.53 Å². The van der Waals surface area contributed by atoms with Crippen LogP contribution in [0.2, 0.25) is 0 Å². The van der Waals surface area contributed by atoms with Crippen LogP contribution >= 0.6 is 0 Å². The fourth-order valence-corrected chi connectivity index (χ4v) is 1.96. The maximum absolute atomic E-state index is 11.6. The van der Waals surface area contributed by atoms with Gasteiger partial charge in [-0.3, -0.25) is 9.69 Å². The van der Waals surface area contributed by atoms with Crippen molar-refractivity contribution < 1.29 is 9.53 Å². The van der Waals surface area contributed by atoms with Crippen LogP contribution in [-0.4, -0.2) is 56.4 Å². The third kappa shape index (κ3) is 3.15. The van der Waals surface area contributed by atoms with Crippen molar-refractivity contribution in [3.8, 4) is 0 Å². The normalized spacial score (nSPS) is 27.9. The maximum atomic E-state index is 11.6. The molecule has 1 atom stereocenters. The zero-order valence-electron chi connectivity index (χ0n) is 9.00. The van der Waals surface area contributed by atoms with Crippen molar-refractivity contribution in [1.29, 1.82) is 0 Å². The number of nitrogens with zero attached hydrogens (tertiary/aromatic N) is 1. The highest BCUT2D eigenvalue weighted by molar-refractivity contribution is 5.80. The Morgan fingerprint density at radius 2 is 2.27 bits per heavy atom. The SMILES string of the molecule is O=C(NCN1CCNCC1)C1CCCO1. The van der Waals surface area contributed by atoms with Gasteiger partial charge in [-0.1, -0.05) is 0 Å². The van der Waals surface area contributed by atoms with E-state index in [-0.39, 0.29) is 12.0 Å². The molecule has 0 bridgehead atoms. The van der Waals surface area contributed by atoms with E-state index in [9.17, 15) is 4.79 Å². The monoisotopic (exact) mass is 213 g/mol. The predicted molar refractivity (Wildman–Crippen MR) is 56.4 cm³/mol. The van der Waals surface area contributed by atoms with Crippen LogP contribution in [0.5, 0.6) is 0 Å². The number of nitrogens with one attached hydrogen (secondary N) is 2. The molecule has 0 saturated carbocycles. The molecule has 0 aromatic heterocycles. The molecule has 86 valence electrons. The van der Waals surface area contributed by atoms with Crippen molar-refractivity contribution in [2.24, 2.45) is 0 Å². The minimum atomic E-state index is -0.201. The molecule has 2 aliphatic heterocycles. The first-order valence-electron chi connectivity index (χ1n) is 5.68. The molecule has 0 aromatic carbocycles. The average molecular weight is 213 g/mol. The summed E-state index contributed by atoms with van der Waals surface area (Å²) in [4.78, 5) is 13.8. The van der Waals surface area contributed by atoms with Crippen LogP contribution < -0.4 is 10.6 Å². The smallest absolute Gasteiger partial charge is 0.250 e. The molecule has 2 saturated heterocycles. The largest absolute Gasteiger partial charge is 0.368 e. The molecule has 5 nitrogen and oxygen atoms in total. The van der Waals surface area contributed by atoms with Gasteiger partial charge in [0, 0.05) is 32.8 Å². The lowest BCUT2D eigenvalue weighted by atomic mass is 10.2. The molecule has 0 radical (unpaired) electrons. The quantitative estimate of drug-likeness (QED) is 0.641. The van der Waals surface area contributed by atoms with Crippen molar-refractivity contribution in [2.45, 2.75) is 18.9 Å². The molecule has 2 aliphatic rings. The fourth-order valence-electron chi connectivity index (χ4n) is 1.96. The van der Waals surface area contributed by atoms with Gasteiger partial charge in [-0.25, -0.2) is 0 Å². The first-order valence-corrected chi connectivity index (χ1v) is 5.68. The summed E-state index contributed by atoms with van der Waals surface area (Å²) in [5, 5.41) is 6.21. The number of carbonyl (C=O) groups is 1. The van der Waals surface area contributed by atoms with Gasteiger partial charge in [0.15, 0.2) is 0 Å². The van der Waals surface area contributed by atoms with Crippen LogP contribution in [0, 0.1) is 0 Å². The number of amides is 1. The average Bonchev–Trinajstić information content (AvgIpc) is 2.81. The predicted octanol–water partition coefficient (Wildman–Crippen LogP) is -0.856. The van der Waals surface area contributed by atoms with E-state index in [0.717, 1.165) is 45.6 Å². The lowest BCUT2D eigenvalue weighted by Gasteiger charge is -2.27. The first-order chi connectivity index (χ1) is 7.36. The Morgan fingerprint density at radius 3 is 2.93 bits per heavy atom. The summed E-state index contributed by atoms with van der Waals surface area (Å²) in [5.74, 6) is 0.0473. The fraction of sp³-hybridized carbons (Fsp3) is 0.900. The summed E-state index contributed by atoms with van der Waals surface area (Å²) < 4.78 is 5.31. The molecule has 2 heterocycles. The topological polar surface area (TPSA) is 53.6 Å². The molecule has 2 rings (SSSR count). The molecular formula is C10H19N3O2. The van der Waals surface area contributed by atoms with E-state index < -0.39 is 0 Å². The summed E-state index contributed by atoms with van der Waals surface area (Å²) in [6.45, 7) is 5.41. The lowest BCUT2D eigenvalue weighted by molar-refractivity contribution is -0.130. The van der Waals surface area contributed by atoms with Crippen LogP contribution in [0.3, 0.4) is 0 Å². The third-order valence-corrected chi connectivity index (χ3v) is 2.91. The number of hydrogen-bond acceptors (Lipinski definition) is 4. The van der Waals surface area contributed by atoms with Crippen molar-refractivity contribution in [3.05, 3.63) is 0 Å². The van der Waals surface area contributed by atoms with E-state index in [2.05, 4.69) is 15.5 Å². The number of ether oxygens (including phenoxy) is 1. The standard InChI is InChI=1S/C10H19N3O2/c14-10(9-2-1-7-15-9)12-8-13-5-3-11-4-6-13/h9,11H,1-8H2,(H,12,14). The van der Waals surface area contributed by atoms with Crippen LogP contribution in [0.1, 0.15) is 12.8 Å². The molecule has 0 aromatic rings. The minimum absolute atomic E-state index is 0.0473. The van der Waals surface area contributed by atoms with E-state index in [0.29, 0.717) is 6.67 Å². The second kappa shape index (κ2) is 5.44. The molecule has 1 unspecified atom stereocenters. The van der Waals surface area contributed by atoms with Crippen molar-refractivity contribution in [1.82, 2.24) is 15.5 Å². The highest BCUT2D eigenvalue weighted by Gasteiger charge is 2.23. The van der Waals surface area contributed by atoms with Crippen molar-refractivity contribution in [3.63, 3.8) is 0 Å². The van der Waals surface area contributed by atoms with Crippen LogP contribution in [0.25, 0.3) is 0 Å². The minimum Gasteiger partial charge on any atom is -0.368 e. The Bertz CT molecular complexity index is 211. The van der Waals surface area contributed by atoms with E-state index >= 15 is 0 Å². The molecule has 1 amide bonds. The van der Waals surface area contributed by atoms with Gasteiger partial charge in [0.25, 0.3) is 0 Å². The summed E-state index contributed by atoms with van der Waals surface area (Å²) in [6, 6.07) is 0. The van der Waals surface area contributed by atoms with Gasteiger partial charge < -0.3 is 15.4 Å². The zero-order chi connectivity index (χ0) is 10.5. The second-order valence-corrected chi connectivity index (χ2v) is 4.07. The number of carbonyl (C=O) groups excluding carboxylic acids is 1. The van der Waals surface area contributed by atoms with Crippen LogP contribution in [0.4, 0.5) is 0 Å². The molecule has 5 heteroatoms. The zero-order valence-corrected chi connectivity index (χ0v) is 9.00. The lowest BCUT2D eigenvalue weighted by Crippen LogP contribution is -2.49. The molecule has 2 N–H and O–H groups in total. The van der Waals surface area contributed by atoms with Gasteiger partial charge in [-0.15, -0.1) is 0 Å². The number of piperazine rings is 1. The number of rotatable bonds is 3. The van der Waals surface area contributed by atoms with E-state index in [1.807, 2.05) is 0 Å². The molecule has 0 spiro atoms. The summed E-state index contributed by atoms with van der Waals surface area (Å²) >= 11 is 0. The summed E-state index contributed by atoms with van der Waals surface area (Å²) in [7, 11) is 0. The third-order valence-electron chi connectivity index (χ3n) is 2.91. The van der Waals surface area contributed by atoms with E-state index in [1.54, 1.807) is 0 Å². The molecule has 0 aliphatic carbocycles. The van der Waals surface area contributed by atoms with Crippen LogP contribution in [0.15, 0.2) is 0 Å². The van der Waals surface area contributed by atoms with Gasteiger partial charge in [0.05, 0.1) is 6.67 Å². The maximum Gasteiger partial charge on any atom is 0.250 e. The number of hydrogen-bond donors (Lipinski definition) is 2. The Balaban J connectivity index is 1.65. The summed E-state index contributed by atoms with van der Waals surface area (Å²) in [6.07, 6.45) is 1.67. The van der Waals surface area contributed by atoms with Crippen molar-refractivity contribution in [2.75, 3.05) is 39.5 Å². The van der Waals surface area contributed by atoms with Gasteiger partial charge in [-0.2, -0.15) is 0 Å². The highest BCUT2D eigenvalue weighted by Crippen LogP contribution is 2.11. The van der Waals surface area contributed by atoms with Gasteiger partial charge in [0.2, 0.25) is 5.91 Å². The van der Waals surface area contributed by atoms with Gasteiger partial charge in [0.1, 0.15) is 6.10 Å². The van der Waals surface area contributed by atoms with Gasteiger partial charge in [-0.05, 0) is 12.8 Å². The van der Waals surface area contributed by atoms with E-state index in [1.165, 1.54) is 0 Å². The summed E-state index contributed by atoms with van der Waals surface area (Å²) in [5.41, 5.74) is 0. The Morgan fingerprint density at radius 1 is 1.47 bits per heavy atom. The van der Waals surface area contributed by atoms with Crippen molar-refractivity contribution >= 4 is 5.91 Å². The molecular weight excluding hydrogens is 194 g/mol. The Labute approximate surface area is 90.1 Å².